The van der Waals surface area contributed by atoms with Gasteiger partial charge in [0.15, 0.2) is 0 Å². The Labute approximate surface area is 140 Å². The molecule has 0 saturated heterocycles. The van der Waals surface area contributed by atoms with Crippen molar-refractivity contribution in [1.82, 2.24) is 9.97 Å². The Kier molecular flexibility index (Phi) is 6.40. The molecule has 0 fully saturated rings. The van der Waals surface area contributed by atoms with Crippen LogP contribution >= 0.6 is 11.8 Å². The summed E-state index contributed by atoms with van der Waals surface area (Å²) >= 11 is 1.40. The van der Waals surface area contributed by atoms with Gasteiger partial charge in [-0.25, -0.2) is 9.97 Å². The molecule has 5 nitrogen and oxygen atoms in total. The number of rotatable bonds is 7. The number of aromatic nitrogens is 2. The second-order valence-electron chi connectivity index (χ2n) is 5.14. The lowest BCUT2D eigenvalue weighted by molar-refractivity contribution is -0.113. The molecule has 0 aliphatic carbocycles. The minimum Gasteiger partial charge on any atom is -0.495 e. The van der Waals surface area contributed by atoms with Crippen LogP contribution in [-0.2, 0) is 11.2 Å². The number of nitrogens with zero attached hydrogens (tertiary/aromatic N) is 2. The van der Waals surface area contributed by atoms with Crippen LogP contribution in [0.25, 0.3) is 0 Å². The van der Waals surface area contributed by atoms with E-state index in [4.69, 9.17) is 4.74 Å². The zero-order valence-electron chi connectivity index (χ0n) is 13.6. The number of nitrogens with one attached hydrogen (secondary N) is 1. The molecule has 2 aromatic rings. The third kappa shape index (κ3) is 5.25. The summed E-state index contributed by atoms with van der Waals surface area (Å²) in [5.41, 5.74) is 2.76. The minimum atomic E-state index is -0.0884. The molecule has 0 spiro atoms. The maximum absolute atomic E-state index is 12.1. The van der Waals surface area contributed by atoms with E-state index < -0.39 is 0 Å². The first-order chi connectivity index (χ1) is 11.1. The highest BCUT2D eigenvalue weighted by Gasteiger charge is 2.09. The molecule has 0 aliphatic heterocycles. The van der Waals surface area contributed by atoms with Gasteiger partial charge in [-0.15, -0.1) is 0 Å². The summed E-state index contributed by atoms with van der Waals surface area (Å²) in [6.45, 7) is 4.08. The van der Waals surface area contributed by atoms with Gasteiger partial charge in [-0.2, -0.15) is 0 Å². The molecule has 6 heteroatoms. The minimum absolute atomic E-state index is 0.0884. The first-order valence-electron chi connectivity index (χ1n) is 7.50. The number of amides is 1. The Morgan fingerprint density at radius 3 is 2.87 bits per heavy atom. The predicted molar refractivity (Wildman–Crippen MR) is 93.1 cm³/mol. The molecule has 23 heavy (non-hydrogen) atoms. The van der Waals surface area contributed by atoms with Crippen molar-refractivity contribution in [3.05, 3.63) is 41.9 Å². The van der Waals surface area contributed by atoms with Crippen LogP contribution in [0.1, 0.15) is 24.6 Å². The van der Waals surface area contributed by atoms with Crippen LogP contribution in [0.2, 0.25) is 0 Å². The predicted octanol–water partition coefficient (Wildman–Crippen LogP) is 3.48. The number of hydrogen-bond donors (Lipinski definition) is 1. The van der Waals surface area contributed by atoms with Crippen LogP contribution in [0, 0.1) is 6.92 Å². The van der Waals surface area contributed by atoms with Gasteiger partial charge in [0.2, 0.25) is 5.91 Å². The smallest absolute Gasteiger partial charge is 0.234 e. The average molecular weight is 331 g/mol. The van der Waals surface area contributed by atoms with Crippen LogP contribution in [0.5, 0.6) is 5.75 Å². The summed E-state index contributed by atoms with van der Waals surface area (Å²) in [6.07, 6.45) is 3.51. The second-order valence-corrected chi connectivity index (χ2v) is 6.13. The SMILES string of the molecule is CCCc1cc(SCC(=O)Nc2cc(C)ccc2OC)ncn1. The van der Waals surface area contributed by atoms with E-state index in [0.717, 1.165) is 29.1 Å². The highest BCUT2D eigenvalue weighted by atomic mass is 32.2. The number of carbonyl (C=O) groups is 1. The van der Waals surface area contributed by atoms with Gasteiger partial charge in [0.1, 0.15) is 17.1 Å². The molecule has 0 saturated carbocycles. The third-order valence-corrected chi connectivity index (χ3v) is 4.11. The van der Waals surface area contributed by atoms with Gasteiger partial charge < -0.3 is 10.1 Å². The largest absolute Gasteiger partial charge is 0.495 e. The molecule has 1 heterocycles. The summed E-state index contributed by atoms with van der Waals surface area (Å²) in [7, 11) is 1.59. The summed E-state index contributed by atoms with van der Waals surface area (Å²) in [5, 5.41) is 3.70. The van der Waals surface area contributed by atoms with Gasteiger partial charge in [0.25, 0.3) is 0 Å². The highest BCUT2D eigenvalue weighted by Crippen LogP contribution is 2.25. The van der Waals surface area contributed by atoms with Crippen molar-refractivity contribution in [2.75, 3.05) is 18.2 Å². The normalized spacial score (nSPS) is 10.4. The zero-order chi connectivity index (χ0) is 16.7. The molecule has 2 rings (SSSR count). The zero-order valence-corrected chi connectivity index (χ0v) is 14.4. The Morgan fingerprint density at radius 1 is 1.30 bits per heavy atom. The number of hydrogen-bond acceptors (Lipinski definition) is 5. The lowest BCUT2D eigenvalue weighted by Gasteiger charge is -2.11. The number of anilines is 1. The van der Waals surface area contributed by atoms with Crippen molar-refractivity contribution in [3.8, 4) is 5.75 Å². The lowest BCUT2D eigenvalue weighted by Crippen LogP contribution is -2.15. The van der Waals surface area contributed by atoms with E-state index in [1.807, 2.05) is 31.2 Å². The number of carbonyl (C=O) groups excluding carboxylic acids is 1. The standard InChI is InChI=1S/C17H21N3O2S/c1-4-5-13-9-17(19-11-18-13)23-10-16(21)20-14-8-12(2)6-7-15(14)22-3/h6-9,11H,4-5,10H2,1-3H3,(H,20,21). The summed E-state index contributed by atoms with van der Waals surface area (Å²) in [5.74, 6) is 0.857. The average Bonchev–Trinajstić information content (AvgIpc) is 2.54. The Morgan fingerprint density at radius 2 is 2.13 bits per heavy atom. The van der Waals surface area contributed by atoms with Crippen LogP contribution < -0.4 is 10.1 Å². The monoisotopic (exact) mass is 331 g/mol. The number of ether oxygens (including phenoxy) is 1. The summed E-state index contributed by atoms with van der Waals surface area (Å²) in [4.78, 5) is 20.6. The first kappa shape index (κ1) is 17.3. The molecule has 1 amide bonds. The molecule has 0 atom stereocenters. The van der Waals surface area contributed by atoms with Gasteiger partial charge in [0.05, 0.1) is 18.6 Å². The quantitative estimate of drug-likeness (QED) is 0.621. The van der Waals surface area contributed by atoms with E-state index in [1.54, 1.807) is 13.4 Å². The van der Waals surface area contributed by atoms with Crippen molar-refractivity contribution < 1.29 is 9.53 Å². The van der Waals surface area contributed by atoms with Crippen molar-refractivity contribution >= 4 is 23.4 Å². The Bertz CT molecular complexity index is 677. The molecule has 0 aliphatic rings. The van der Waals surface area contributed by atoms with Crippen molar-refractivity contribution in [3.63, 3.8) is 0 Å². The molecular formula is C17H21N3O2S. The van der Waals surface area contributed by atoms with E-state index in [0.29, 0.717) is 17.2 Å². The lowest BCUT2D eigenvalue weighted by atomic mass is 10.2. The van der Waals surface area contributed by atoms with E-state index >= 15 is 0 Å². The van der Waals surface area contributed by atoms with Crippen LogP contribution in [0.4, 0.5) is 5.69 Å². The van der Waals surface area contributed by atoms with E-state index in [2.05, 4.69) is 22.2 Å². The van der Waals surface area contributed by atoms with Crippen LogP contribution in [-0.4, -0.2) is 28.7 Å². The number of thioether (sulfide) groups is 1. The van der Waals surface area contributed by atoms with Gasteiger partial charge in [0, 0.05) is 5.69 Å². The van der Waals surface area contributed by atoms with Crippen molar-refractivity contribution in [2.45, 2.75) is 31.7 Å². The molecule has 1 N–H and O–H groups in total. The number of benzene rings is 1. The molecule has 122 valence electrons. The second kappa shape index (κ2) is 8.53. The Balaban J connectivity index is 1.95. The maximum Gasteiger partial charge on any atom is 0.234 e. The van der Waals surface area contributed by atoms with Crippen LogP contribution in [0.15, 0.2) is 35.6 Å². The van der Waals surface area contributed by atoms with E-state index in [9.17, 15) is 4.79 Å². The number of methoxy groups -OCH3 is 1. The van der Waals surface area contributed by atoms with Crippen molar-refractivity contribution in [1.29, 1.82) is 0 Å². The molecular weight excluding hydrogens is 310 g/mol. The molecule has 1 aromatic heterocycles. The Hall–Kier alpha value is -2.08. The fourth-order valence-corrected chi connectivity index (χ4v) is 2.79. The van der Waals surface area contributed by atoms with Gasteiger partial charge in [-0.3, -0.25) is 4.79 Å². The number of aryl methyl sites for hydroxylation is 2. The van der Waals surface area contributed by atoms with Gasteiger partial charge in [-0.1, -0.05) is 31.2 Å². The molecule has 0 radical (unpaired) electrons. The van der Waals surface area contributed by atoms with Crippen LogP contribution in [0.3, 0.4) is 0 Å². The molecule has 0 bridgehead atoms. The molecule has 0 unspecified atom stereocenters. The van der Waals surface area contributed by atoms with E-state index in [1.165, 1.54) is 11.8 Å². The fraction of sp³-hybridized carbons (Fsp3) is 0.353. The first-order valence-corrected chi connectivity index (χ1v) is 8.49. The van der Waals surface area contributed by atoms with E-state index in [-0.39, 0.29) is 5.91 Å². The third-order valence-electron chi connectivity index (χ3n) is 3.18. The maximum atomic E-state index is 12.1. The van der Waals surface area contributed by atoms with Crippen molar-refractivity contribution in [2.24, 2.45) is 0 Å². The summed E-state index contributed by atoms with van der Waals surface area (Å²) in [6, 6.07) is 7.62. The highest BCUT2D eigenvalue weighted by molar-refractivity contribution is 7.99. The summed E-state index contributed by atoms with van der Waals surface area (Å²) < 4.78 is 5.26. The molecule has 1 aromatic carbocycles. The fourth-order valence-electron chi connectivity index (χ4n) is 2.09. The topological polar surface area (TPSA) is 64.1 Å². The van der Waals surface area contributed by atoms with Gasteiger partial charge in [-0.05, 0) is 37.1 Å². The van der Waals surface area contributed by atoms with Gasteiger partial charge >= 0.3 is 0 Å².